The number of sulfonamides is 1. The number of piperidine rings is 1. The van der Waals surface area contributed by atoms with Crippen molar-refractivity contribution in [1.82, 2.24) is 9.62 Å². The van der Waals surface area contributed by atoms with Crippen molar-refractivity contribution >= 4 is 21.9 Å². The van der Waals surface area contributed by atoms with E-state index in [-0.39, 0.29) is 17.9 Å². The van der Waals surface area contributed by atoms with Crippen LogP contribution < -0.4 is 5.32 Å². The molecule has 1 unspecified atom stereocenters. The number of amides is 1. The fourth-order valence-electron chi connectivity index (χ4n) is 4.54. The van der Waals surface area contributed by atoms with Crippen LogP contribution in [0.4, 0.5) is 0 Å². The molecular formula is C29H32N2O5S. The maximum Gasteiger partial charge on any atom is 0.326 e. The van der Waals surface area contributed by atoms with Crippen LogP contribution in [0.5, 0.6) is 0 Å². The Balaban J connectivity index is 1.41. The first kappa shape index (κ1) is 26.6. The number of carbonyl (C=O) groups is 2. The molecule has 8 heteroatoms. The number of carbonyl (C=O) groups excluding carboxylic acids is 1. The van der Waals surface area contributed by atoms with Crippen LogP contribution in [0, 0.1) is 19.8 Å². The van der Waals surface area contributed by atoms with E-state index in [1.807, 2.05) is 62.4 Å². The summed E-state index contributed by atoms with van der Waals surface area (Å²) in [5, 5.41) is 12.4. The Morgan fingerprint density at radius 2 is 1.46 bits per heavy atom. The van der Waals surface area contributed by atoms with Gasteiger partial charge in [0.05, 0.1) is 10.8 Å². The van der Waals surface area contributed by atoms with Crippen molar-refractivity contribution in [2.75, 3.05) is 13.1 Å². The third kappa shape index (κ3) is 6.45. The third-order valence-electron chi connectivity index (χ3n) is 6.81. The topological polar surface area (TPSA) is 104 Å². The number of benzene rings is 3. The SMILES string of the molecule is Cc1ccc(-c2ccc(C[C@H](NC(=O)C3CCCN(S(=O)(=O)c4ccc(C)cc4)C3)C(=O)O)cc2)cc1. The summed E-state index contributed by atoms with van der Waals surface area (Å²) in [6.07, 6.45) is 1.16. The summed E-state index contributed by atoms with van der Waals surface area (Å²) in [5.74, 6) is -2.18. The van der Waals surface area contributed by atoms with Crippen molar-refractivity contribution in [1.29, 1.82) is 0 Å². The summed E-state index contributed by atoms with van der Waals surface area (Å²) in [7, 11) is -3.73. The lowest BCUT2D eigenvalue weighted by Crippen LogP contribution is -2.50. The minimum atomic E-state index is -3.73. The van der Waals surface area contributed by atoms with Gasteiger partial charge in [-0.15, -0.1) is 0 Å². The number of carboxylic acid groups (broad SMARTS) is 1. The van der Waals surface area contributed by atoms with Gasteiger partial charge >= 0.3 is 5.97 Å². The van der Waals surface area contributed by atoms with E-state index in [0.29, 0.717) is 19.4 Å². The summed E-state index contributed by atoms with van der Waals surface area (Å²) in [4.78, 5) is 25.2. The molecule has 2 atom stereocenters. The van der Waals surface area contributed by atoms with Crippen molar-refractivity contribution in [2.45, 2.75) is 44.0 Å². The van der Waals surface area contributed by atoms with Gasteiger partial charge in [-0.1, -0.05) is 71.8 Å². The van der Waals surface area contributed by atoms with E-state index in [0.717, 1.165) is 22.3 Å². The normalized spacial score (nSPS) is 17.2. The van der Waals surface area contributed by atoms with Gasteiger partial charge in [-0.05, 0) is 55.5 Å². The number of aryl methyl sites for hydroxylation is 2. The van der Waals surface area contributed by atoms with E-state index in [2.05, 4.69) is 5.32 Å². The molecule has 1 heterocycles. The Labute approximate surface area is 218 Å². The summed E-state index contributed by atoms with van der Waals surface area (Å²) < 4.78 is 27.5. The summed E-state index contributed by atoms with van der Waals surface area (Å²) >= 11 is 0. The van der Waals surface area contributed by atoms with Crippen molar-refractivity contribution in [3.05, 3.63) is 89.5 Å². The van der Waals surface area contributed by atoms with Gasteiger partial charge < -0.3 is 10.4 Å². The van der Waals surface area contributed by atoms with Crippen LogP contribution in [0.25, 0.3) is 11.1 Å². The Kier molecular flexibility index (Phi) is 8.10. The highest BCUT2D eigenvalue weighted by atomic mass is 32.2. The molecule has 0 aliphatic carbocycles. The fourth-order valence-corrected chi connectivity index (χ4v) is 6.06. The Hall–Kier alpha value is -3.49. The molecule has 4 rings (SSSR count). The third-order valence-corrected chi connectivity index (χ3v) is 8.69. The molecular weight excluding hydrogens is 488 g/mol. The predicted octanol–water partition coefficient (Wildman–Crippen LogP) is 4.18. The molecule has 2 N–H and O–H groups in total. The molecule has 0 spiro atoms. The Morgan fingerprint density at radius 3 is 2.03 bits per heavy atom. The number of nitrogens with zero attached hydrogens (tertiary/aromatic N) is 1. The van der Waals surface area contributed by atoms with Gasteiger partial charge in [0.1, 0.15) is 6.04 Å². The van der Waals surface area contributed by atoms with Crippen molar-refractivity contribution in [3.63, 3.8) is 0 Å². The lowest BCUT2D eigenvalue weighted by molar-refractivity contribution is -0.142. The number of nitrogens with one attached hydrogen (secondary N) is 1. The lowest BCUT2D eigenvalue weighted by Gasteiger charge is -2.31. The van der Waals surface area contributed by atoms with E-state index < -0.39 is 33.9 Å². The molecule has 0 radical (unpaired) electrons. The monoisotopic (exact) mass is 520 g/mol. The highest BCUT2D eigenvalue weighted by Crippen LogP contribution is 2.25. The van der Waals surface area contributed by atoms with Crippen molar-refractivity contribution < 1.29 is 23.1 Å². The van der Waals surface area contributed by atoms with Gasteiger partial charge in [-0.2, -0.15) is 4.31 Å². The highest BCUT2D eigenvalue weighted by Gasteiger charge is 2.34. The number of carboxylic acids is 1. The van der Waals surface area contributed by atoms with Crippen LogP contribution in [-0.2, 0) is 26.0 Å². The second kappa shape index (κ2) is 11.3. The molecule has 1 amide bonds. The van der Waals surface area contributed by atoms with Crippen LogP contribution in [0.15, 0.2) is 77.7 Å². The molecule has 37 heavy (non-hydrogen) atoms. The number of aliphatic carboxylic acids is 1. The van der Waals surface area contributed by atoms with Crippen LogP contribution in [-0.4, -0.2) is 48.8 Å². The zero-order valence-corrected chi connectivity index (χ0v) is 21.9. The predicted molar refractivity (Wildman–Crippen MR) is 143 cm³/mol. The van der Waals surface area contributed by atoms with E-state index in [1.54, 1.807) is 24.3 Å². The minimum Gasteiger partial charge on any atom is -0.480 e. The minimum absolute atomic E-state index is 0.0274. The first-order chi connectivity index (χ1) is 17.6. The average molecular weight is 521 g/mol. The van der Waals surface area contributed by atoms with Gasteiger partial charge in [0.15, 0.2) is 0 Å². The smallest absolute Gasteiger partial charge is 0.326 e. The molecule has 7 nitrogen and oxygen atoms in total. The Bertz CT molecular complexity index is 1350. The molecule has 3 aromatic carbocycles. The largest absolute Gasteiger partial charge is 0.480 e. The summed E-state index contributed by atoms with van der Waals surface area (Å²) in [5.41, 5.74) is 5.02. The zero-order valence-electron chi connectivity index (χ0n) is 21.1. The van der Waals surface area contributed by atoms with Crippen LogP contribution in [0.1, 0.15) is 29.5 Å². The zero-order chi connectivity index (χ0) is 26.6. The van der Waals surface area contributed by atoms with Crippen molar-refractivity contribution in [3.8, 4) is 11.1 Å². The number of rotatable bonds is 8. The van der Waals surface area contributed by atoms with E-state index >= 15 is 0 Å². The van der Waals surface area contributed by atoms with Crippen LogP contribution in [0.2, 0.25) is 0 Å². The molecule has 3 aromatic rings. The first-order valence-electron chi connectivity index (χ1n) is 12.4. The summed E-state index contributed by atoms with van der Waals surface area (Å²) in [6.45, 7) is 4.27. The number of hydrogen-bond donors (Lipinski definition) is 2. The molecule has 1 aliphatic heterocycles. The fraction of sp³-hybridized carbons (Fsp3) is 0.310. The molecule has 1 saturated heterocycles. The number of hydrogen-bond acceptors (Lipinski definition) is 4. The van der Waals surface area contributed by atoms with Crippen molar-refractivity contribution in [2.24, 2.45) is 5.92 Å². The lowest BCUT2D eigenvalue weighted by atomic mass is 9.97. The van der Waals surface area contributed by atoms with Gasteiger partial charge in [0.25, 0.3) is 0 Å². The Morgan fingerprint density at radius 1 is 0.919 bits per heavy atom. The van der Waals surface area contributed by atoms with Gasteiger partial charge in [-0.3, -0.25) is 4.79 Å². The highest BCUT2D eigenvalue weighted by molar-refractivity contribution is 7.89. The first-order valence-corrected chi connectivity index (χ1v) is 13.8. The second-order valence-corrected chi connectivity index (χ2v) is 11.6. The van der Waals surface area contributed by atoms with Gasteiger partial charge in [-0.25, -0.2) is 13.2 Å². The summed E-state index contributed by atoms with van der Waals surface area (Å²) in [6, 6.07) is 21.3. The van der Waals surface area contributed by atoms with Gasteiger partial charge in [0, 0.05) is 19.5 Å². The van der Waals surface area contributed by atoms with Crippen LogP contribution >= 0.6 is 0 Å². The van der Waals surface area contributed by atoms with E-state index in [1.165, 1.54) is 9.87 Å². The van der Waals surface area contributed by atoms with E-state index in [9.17, 15) is 23.1 Å². The standard InChI is InChI=1S/C29H32N2O5S/c1-20-5-11-23(12-6-20)24-13-9-22(10-14-24)18-27(29(33)34)30-28(32)25-4-3-17-31(19-25)37(35,36)26-15-7-21(2)8-16-26/h5-16,25,27H,3-4,17-19H2,1-2H3,(H,30,32)(H,33,34)/t25?,27-/m0/s1. The molecule has 1 aliphatic rings. The van der Waals surface area contributed by atoms with Crippen LogP contribution in [0.3, 0.4) is 0 Å². The molecule has 0 saturated carbocycles. The average Bonchev–Trinajstić information content (AvgIpc) is 2.89. The second-order valence-electron chi connectivity index (χ2n) is 9.68. The van der Waals surface area contributed by atoms with Gasteiger partial charge in [0.2, 0.25) is 15.9 Å². The van der Waals surface area contributed by atoms with E-state index in [4.69, 9.17) is 0 Å². The maximum absolute atomic E-state index is 13.1. The molecule has 0 bridgehead atoms. The maximum atomic E-state index is 13.1. The quantitative estimate of drug-likeness (QED) is 0.464. The molecule has 1 fully saturated rings. The molecule has 194 valence electrons. The molecule has 0 aromatic heterocycles.